The molecule has 0 radical (unpaired) electrons. The largest absolute Gasteiger partial charge is 0.228 e. The Morgan fingerprint density at radius 3 is 2.00 bits per heavy atom. The molecule has 2 fully saturated rings. The third-order valence-corrected chi connectivity index (χ3v) is 7.05. The van der Waals surface area contributed by atoms with Crippen molar-refractivity contribution in [3.63, 3.8) is 0 Å². The lowest BCUT2D eigenvalue weighted by atomic mass is 9.68. The van der Waals surface area contributed by atoms with E-state index in [2.05, 4.69) is 11.9 Å². The van der Waals surface area contributed by atoms with Crippen LogP contribution in [-0.4, -0.2) is 4.98 Å². The quantitative estimate of drug-likeness (QED) is 0.487. The van der Waals surface area contributed by atoms with E-state index in [0.717, 1.165) is 30.1 Å². The first kappa shape index (κ1) is 18.9. The molecule has 1 nitrogen and oxygen atoms in total. The van der Waals surface area contributed by atoms with Crippen LogP contribution in [0, 0.1) is 29.6 Å². The monoisotopic (exact) mass is 345 g/mol. The summed E-state index contributed by atoms with van der Waals surface area (Å²) in [5, 5.41) is 0. The summed E-state index contributed by atoms with van der Waals surface area (Å²) in [6.45, 7) is 2.32. The highest BCUT2D eigenvalue weighted by Gasteiger charge is 2.30. The summed E-state index contributed by atoms with van der Waals surface area (Å²) in [7, 11) is 0. The van der Waals surface area contributed by atoms with Gasteiger partial charge in [0.15, 0.2) is 0 Å². The normalized spacial score (nSPS) is 30.3. The van der Waals surface area contributed by atoms with Gasteiger partial charge in [0.2, 0.25) is 5.95 Å². The minimum atomic E-state index is -0.367. The van der Waals surface area contributed by atoms with Gasteiger partial charge in [0, 0.05) is 6.20 Å². The van der Waals surface area contributed by atoms with Crippen LogP contribution in [0.25, 0.3) is 0 Å². The summed E-state index contributed by atoms with van der Waals surface area (Å²) in [5.74, 6) is 3.59. The van der Waals surface area contributed by atoms with E-state index < -0.39 is 0 Å². The molecular weight excluding hydrogens is 309 g/mol. The number of pyridine rings is 1. The summed E-state index contributed by atoms with van der Waals surface area (Å²) in [6.07, 6.45) is 20.0. The van der Waals surface area contributed by atoms with Crippen molar-refractivity contribution in [2.75, 3.05) is 0 Å². The van der Waals surface area contributed by atoms with Crippen molar-refractivity contribution in [2.45, 2.75) is 90.4 Å². The van der Waals surface area contributed by atoms with Gasteiger partial charge in [-0.3, -0.25) is 0 Å². The van der Waals surface area contributed by atoms with Crippen LogP contribution in [0.2, 0.25) is 0 Å². The molecule has 0 N–H and O–H groups in total. The van der Waals surface area contributed by atoms with E-state index in [-0.39, 0.29) is 5.95 Å². The number of rotatable bonds is 7. The average Bonchev–Trinajstić information content (AvgIpc) is 2.67. The zero-order valence-electron chi connectivity index (χ0n) is 16.1. The predicted molar refractivity (Wildman–Crippen MR) is 103 cm³/mol. The lowest BCUT2D eigenvalue weighted by molar-refractivity contribution is 0.140. The van der Waals surface area contributed by atoms with Crippen LogP contribution in [0.1, 0.15) is 89.5 Å². The molecule has 2 heteroatoms. The summed E-state index contributed by atoms with van der Waals surface area (Å²) < 4.78 is 12.9. The zero-order chi connectivity index (χ0) is 17.5. The van der Waals surface area contributed by atoms with E-state index in [1.54, 1.807) is 6.20 Å². The molecule has 0 atom stereocenters. The number of aromatic nitrogens is 1. The van der Waals surface area contributed by atoms with E-state index in [4.69, 9.17) is 0 Å². The first-order chi connectivity index (χ1) is 12.2. The highest BCUT2D eigenvalue weighted by Crippen LogP contribution is 2.43. The van der Waals surface area contributed by atoms with Gasteiger partial charge < -0.3 is 0 Å². The summed E-state index contributed by atoms with van der Waals surface area (Å²) in [5.41, 5.74) is 1.19. The number of hydrogen-bond donors (Lipinski definition) is 0. The molecule has 2 aliphatic carbocycles. The highest BCUT2D eigenvalue weighted by molar-refractivity contribution is 5.09. The Labute approximate surface area is 153 Å². The Hall–Kier alpha value is -0.920. The molecule has 1 aromatic rings. The van der Waals surface area contributed by atoms with Gasteiger partial charge in [-0.1, -0.05) is 57.9 Å². The Morgan fingerprint density at radius 1 is 0.880 bits per heavy atom. The minimum Gasteiger partial charge on any atom is -0.228 e. The van der Waals surface area contributed by atoms with E-state index in [1.807, 2.05) is 6.07 Å². The molecule has 0 amide bonds. The molecule has 2 aliphatic rings. The molecule has 1 heterocycles. The molecule has 2 saturated carbocycles. The Kier molecular flexibility index (Phi) is 7.31. The lowest BCUT2D eigenvalue weighted by Crippen LogP contribution is -2.26. The number of unbranched alkanes of at least 4 members (excludes halogenated alkanes) is 1. The van der Waals surface area contributed by atoms with Crippen LogP contribution in [-0.2, 0) is 6.42 Å². The maximum Gasteiger partial charge on any atom is 0.212 e. The molecule has 0 bridgehead atoms. The van der Waals surface area contributed by atoms with Gasteiger partial charge >= 0.3 is 0 Å². The molecule has 3 rings (SSSR count). The summed E-state index contributed by atoms with van der Waals surface area (Å²) in [4.78, 5) is 3.77. The summed E-state index contributed by atoms with van der Waals surface area (Å²) >= 11 is 0. The highest BCUT2D eigenvalue weighted by atomic mass is 19.1. The van der Waals surface area contributed by atoms with Crippen LogP contribution >= 0.6 is 0 Å². The maximum absolute atomic E-state index is 12.9. The van der Waals surface area contributed by atoms with Gasteiger partial charge in [-0.25, -0.2) is 4.98 Å². The second-order valence-corrected chi connectivity index (χ2v) is 8.73. The van der Waals surface area contributed by atoms with Gasteiger partial charge in [0.25, 0.3) is 0 Å². The Bertz CT molecular complexity index is 481. The van der Waals surface area contributed by atoms with E-state index >= 15 is 0 Å². The van der Waals surface area contributed by atoms with Crippen molar-refractivity contribution >= 4 is 0 Å². The van der Waals surface area contributed by atoms with Crippen molar-refractivity contribution < 1.29 is 4.39 Å². The topological polar surface area (TPSA) is 12.9 Å². The maximum atomic E-state index is 12.9. The van der Waals surface area contributed by atoms with Crippen molar-refractivity contribution in [1.29, 1.82) is 0 Å². The number of hydrogen-bond acceptors (Lipinski definition) is 1. The van der Waals surface area contributed by atoms with Crippen LogP contribution in [0.5, 0.6) is 0 Å². The third-order valence-electron chi connectivity index (χ3n) is 7.05. The zero-order valence-corrected chi connectivity index (χ0v) is 16.1. The molecular formula is C23H36FN. The van der Waals surface area contributed by atoms with Crippen LogP contribution < -0.4 is 0 Å². The smallest absolute Gasteiger partial charge is 0.212 e. The van der Waals surface area contributed by atoms with Gasteiger partial charge in [0.1, 0.15) is 0 Å². The van der Waals surface area contributed by atoms with Crippen molar-refractivity contribution in [1.82, 2.24) is 4.98 Å². The van der Waals surface area contributed by atoms with Crippen molar-refractivity contribution in [3.8, 4) is 0 Å². The molecule has 1 aromatic heterocycles. The van der Waals surface area contributed by atoms with E-state index in [9.17, 15) is 4.39 Å². The molecule has 0 unspecified atom stereocenters. The van der Waals surface area contributed by atoms with Crippen LogP contribution in [0.4, 0.5) is 4.39 Å². The van der Waals surface area contributed by atoms with Crippen LogP contribution in [0.3, 0.4) is 0 Å². The predicted octanol–water partition coefficient (Wildman–Crippen LogP) is 6.96. The van der Waals surface area contributed by atoms with Gasteiger partial charge in [-0.15, -0.1) is 0 Å². The molecule has 0 aromatic carbocycles. The van der Waals surface area contributed by atoms with Crippen molar-refractivity contribution in [2.24, 2.45) is 23.7 Å². The number of nitrogens with zero attached hydrogens (tertiary/aromatic N) is 1. The molecule has 25 heavy (non-hydrogen) atoms. The standard InChI is InChI=1S/C23H36FN/c1-2-3-4-18-7-12-21(13-8-18)22-14-9-19(10-15-22)5-6-20-11-16-23(24)25-17-20/h11,16-19,21-22H,2-10,12-15H2,1H3/t18-,19?,21-,22?. The Balaban J connectivity index is 1.34. The second kappa shape index (κ2) is 9.69. The van der Waals surface area contributed by atoms with Gasteiger partial charge in [-0.2, -0.15) is 4.39 Å². The van der Waals surface area contributed by atoms with E-state index in [0.29, 0.717) is 0 Å². The lowest BCUT2D eigenvalue weighted by Gasteiger charge is -2.38. The minimum absolute atomic E-state index is 0.367. The average molecular weight is 346 g/mol. The van der Waals surface area contributed by atoms with Gasteiger partial charge in [0.05, 0.1) is 0 Å². The van der Waals surface area contributed by atoms with Gasteiger partial charge in [-0.05, 0) is 73.8 Å². The first-order valence-corrected chi connectivity index (χ1v) is 10.8. The molecule has 0 saturated heterocycles. The molecule has 0 spiro atoms. The SMILES string of the molecule is CCCC[C@H]1CC[C@H](C2CCC(CCc3ccc(F)nc3)CC2)CC1. The fourth-order valence-corrected chi connectivity index (χ4v) is 5.31. The molecule has 0 aliphatic heterocycles. The summed E-state index contributed by atoms with van der Waals surface area (Å²) in [6, 6.07) is 3.38. The van der Waals surface area contributed by atoms with Crippen molar-refractivity contribution in [3.05, 3.63) is 29.8 Å². The third kappa shape index (κ3) is 5.79. The van der Waals surface area contributed by atoms with Crippen LogP contribution in [0.15, 0.2) is 18.3 Å². The number of halogens is 1. The second-order valence-electron chi connectivity index (χ2n) is 8.73. The fraction of sp³-hybridized carbons (Fsp3) is 0.783. The fourth-order valence-electron chi connectivity index (χ4n) is 5.31. The van der Waals surface area contributed by atoms with E-state index in [1.165, 1.54) is 88.7 Å². The number of aryl methyl sites for hydroxylation is 1. The first-order valence-electron chi connectivity index (χ1n) is 10.8. The Morgan fingerprint density at radius 2 is 1.48 bits per heavy atom. The molecule has 140 valence electrons.